The van der Waals surface area contributed by atoms with Crippen molar-refractivity contribution in [1.82, 2.24) is 20.2 Å². The van der Waals surface area contributed by atoms with Crippen molar-refractivity contribution in [3.8, 4) is 11.4 Å². The van der Waals surface area contributed by atoms with Gasteiger partial charge < -0.3 is 4.74 Å². The first-order valence-electron chi connectivity index (χ1n) is 8.11. The van der Waals surface area contributed by atoms with Gasteiger partial charge in [-0.1, -0.05) is 0 Å². The van der Waals surface area contributed by atoms with Gasteiger partial charge in [0.1, 0.15) is 11.4 Å². The quantitative estimate of drug-likeness (QED) is 0.340. The molecule has 29 heavy (non-hydrogen) atoms. The zero-order valence-electron chi connectivity index (χ0n) is 15.0. The van der Waals surface area contributed by atoms with E-state index in [-0.39, 0.29) is 17.8 Å². The molecule has 13 heteroatoms. The summed E-state index contributed by atoms with van der Waals surface area (Å²) in [7, 11) is 1.57. The summed E-state index contributed by atoms with van der Waals surface area (Å²) in [4.78, 5) is 20.4. The predicted molar refractivity (Wildman–Crippen MR) is 101 cm³/mol. The van der Waals surface area contributed by atoms with Crippen LogP contribution in [-0.2, 0) is 6.42 Å². The molecule has 0 saturated heterocycles. The van der Waals surface area contributed by atoms with Gasteiger partial charge in [-0.15, -0.1) is 5.10 Å². The number of nitrogens with zero attached hydrogens (tertiary/aromatic N) is 7. The smallest absolute Gasteiger partial charge is 0.301 e. The lowest BCUT2D eigenvalue weighted by atomic mass is 10.2. The van der Waals surface area contributed by atoms with Crippen LogP contribution in [0.15, 0.2) is 47.6 Å². The zero-order valence-corrected chi connectivity index (χ0v) is 15.0. The summed E-state index contributed by atoms with van der Waals surface area (Å²) < 4.78 is 6.62. The maximum atomic E-state index is 11.1. The lowest BCUT2D eigenvalue weighted by molar-refractivity contribution is -0.393. The highest BCUT2D eigenvalue weighted by atomic mass is 16.6. The molecule has 0 amide bonds. The summed E-state index contributed by atoms with van der Waals surface area (Å²) in [5.74, 6) is 1.18. The molecule has 0 bridgehead atoms. The first-order chi connectivity index (χ1) is 14.0. The van der Waals surface area contributed by atoms with E-state index in [9.17, 15) is 20.2 Å². The van der Waals surface area contributed by atoms with Crippen LogP contribution in [0.25, 0.3) is 5.69 Å². The van der Waals surface area contributed by atoms with Gasteiger partial charge in [-0.25, -0.2) is 0 Å². The lowest BCUT2D eigenvalue weighted by Crippen LogP contribution is -2.05. The van der Waals surface area contributed by atoms with E-state index in [1.165, 1.54) is 17.0 Å². The van der Waals surface area contributed by atoms with E-state index in [0.29, 0.717) is 11.6 Å². The third-order valence-corrected chi connectivity index (χ3v) is 3.79. The van der Waals surface area contributed by atoms with Gasteiger partial charge >= 0.3 is 5.69 Å². The summed E-state index contributed by atoms with van der Waals surface area (Å²) >= 11 is 0. The Labute approximate surface area is 162 Å². The topological polar surface area (TPSA) is 164 Å². The first kappa shape index (κ1) is 19.3. The Balaban J connectivity index is 1.71. The Morgan fingerprint density at radius 2 is 1.93 bits per heavy atom. The fourth-order valence-electron chi connectivity index (χ4n) is 2.38. The molecule has 1 heterocycles. The van der Waals surface area contributed by atoms with Crippen molar-refractivity contribution in [2.45, 2.75) is 6.42 Å². The maximum absolute atomic E-state index is 11.1. The molecule has 0 saturated carbocycles. The van der Waals surface area contributed by atoms with Crippen molar-refractivity contribution in [3.05, 3.63) is 68.5 Å². The predicted octanol–water partition coefficient (Wildman–Crippen LogP) is 2.13. The normalized spacial score (nSPS) is 10.8. The monoisotopic (exact) mass is 398 g/mol. The van der Waals surface area contributed by atoms with Crippen LogP contribution in [0, 0.1) is 20.2 Å². The third kappa shape index (κ3) is 4.47. The van der Waals surface area contributed by atoms with E-state index in [2.05, 4.69) is 26.1 Å². The fraction of sp³-hybridized carbons (Fsp3) is 0.125. The number of nitrogens with one attached hydrogen (secondary N) is 1. The summed E-state index contributed by atoms with van der Waals surface area (Å²) in [6, 6.07) is 10.3. The molecule has 3 aromatic rings. The van der Waals surface area contributed by atoms with Crippen molar-refractivity contribution in [2.24, 2.45) is 5.10 Å². The van der Waals surface area contributed by atoms with Crippen molar-refractivity contribution in [3.63, 3.8) is 0 Å². The number of benzene rings is 2. The first-order valence-corrected chi connectivity index (χ1v) is 8.11. The lowest BCUT2D eigenvalue weighted by Gasteiger charge is -2.04. The van der Waals surface area contributed by atoms with Gasteiger partial charge in [0.2, 0.25) is 0 Å². The molecular formula is C16H14N8O5. The average Bonchev–Trinajstić information content (AvgIpc) is 3.19. The van der Waals surface area contributed by atoms with Crippen LogP contribution in [0.5, 0.6) is 5.75 Å². The van der Waals surface area contributed by atoms with E-state index in [1.807, 2.05) is 0 Å². The maximum Gasteiger partial charge on any atom is 0.301 e. The van der Waals surface area contributed by atoms with Crippen molar-refractivity contribution in [1.29, 1.82) is 0 Å². The van der Waals surface area contributed by atoms with Gasteiger partial charge in [0.05, 0.1) is 28.7 Å². The summed E-state index contributed by atoms with van der Waals surface area (Å²) in [5.41, 5.74) is 2.41. The van der Waals surface area contributed by atoms with Gasteiger partial charge in [0.25, 0.3) is 5.69 Å². The van der Waals surface area contributed by atoms with E-state index in [0.717, 1.165) is 17.8 Å². The summed E-state index contributed by atoms with van der Waals surface area (Å²) in [5, 5.41) is 37.3. The number of methoxy groups -OCH3 is 1. The average molecular weight is 398 g/mol. The van der Waals surface area contributed by atoms with Crippen LogP contribution in [0.2, 0.25) is 0 Å². The number of anilines is 1. The Morgan fingerprint density at radius 1 is 1.17 bits per heavy atom. The zero-order chi connectivity index (χ0) is 20.8. The van der Waals surface area contributed by atoms with Crippen LogP contribution in [0.1, 0.15) is 5.82 Å². The van der Waals surface area contributed by atoms with Crippen LogP contribution in [0.4, 0.5) is 17.1 Å². The standard InChI is InChI=1S/C16H14N8O5/c1-29-13-5-2-11(3-6-13)22-16(19-20-21-22)8-9-17-18-14-7-4-12(23(25)26)10-15(14)24(27)28/h2-7,9-10,18H,8H2,1H3/b17-9+. The number of tetrazole rings is 1. The summed E-state index contributed by atoms with van der Waals surface area (Å²) in [6.07, 6.45) is 1.66. The van der Waals surface area contributed by atoms with Crippen LogP contribution >= 0.6 is 0 Å². The van der Waals surface area contributed by atoms with Crippen molar-refractivity contribution >= 4 is 23.3 Å². The highest BCUT2D eigenvalue weighted by Crippen LogP contribution is 2.28. The van der Waals surface area contributed by atoms with Crippen molar-refractivity contribution in [2.75, 3.05) is 12.5 Å². The minimum Gasteiger partial charge on any atom is -0.497 e. The molecule has 0 aliphatic rings. The van der Waals surface area contributed by atoms with Crippen molar-refractivity contribution < 1.29 is 14.6 Å². The van der Waals surface area contributed by atoms with Gasteiger partial charge in [-0.3, -0.25) is 25.7 Å². The number of aromatic nitrogens is 4. The Hall–Kier alpha value is -4.42. The summed E-state index contributed by atoms with van der Waals surface area (Å²) in [6.45, 7) is 0. The highest BCUT2D eigenvalue weighted by Gasteiger charge is 2.19. The van der Waals surface area contributed by atoms with Gasteiger partial charge in [-0.2, -0.15) is 9.78 Å². The number of nitro benzene ring substituents is 2. The molecule has 0 atom stereocenters. The molecule has 13 nitrogen and oxygen atoms in total. The van der Waals surface area contributed by atoms with Crippen LogP contribution in [0.3, 0.4) is 0 Å². The molecule has 0 aliphatic carbocycles. The van der Waals surface area contributed by atoms with E-state index in [4.69, 9.17) is 4.74 Å². The molecule has 0 unspecified atom stereocenters. The second-order valence-corrected chi connectivity index (χ2v) is 5.55. The number of rotatable bonds is 8. The molecule has 3 rings (SSSR count). The highest BCUT2D eigenvalue weighted by molar-refractivity contribution is 5.68. The molecule has 1 N–H and O–H groups in total. The van der Waals surface area contributed by atoms with E-state index >= 15 is 0 Å². The largest absolute Gasteiger partial charge is 0.497 e. The number of hydrazone groups is 1. The minimum atomic E-state index is -0.727. The molecule has 148 valence electrons. The molecule has 0 radical (unpaired) electrons. The molecular weight excluding hydrogens is 384 g/mol. The molecule has 2 aromatic carbocycles. The number of non-ortho nitro benzene ring substituents is 1. The van der Waals surface area contributed by atoms with Crippen LogP contribution in [-0.4, -0.2) is 43.4 Å². The van der Waals surface area contributed by atoms with Gasteiger partial charge in [-0.05, 0) is 40.8 Å². The molecule has 1 aromatic heterocycles. The molecule has 0 aliphatic heterocycles. The van der Waals surface area contributed by atoms with Crippen LogP contribution < -0.4 is 10.2 Å². The van der Waals surface area contributed by atoms with E-state index < -0.39 is 15.5 Å². The van der Waals surface area contributed by atoms with E-state index in [1.54, 1.807) is 31.4 Å². The Morgan fingerprint density at radius 3 is 2.59 bits per heavy atom. The van der Waals surface area contributed by atoms with Gasteiger partial charge in [0.15, 0.2) is 5.82 Å². The number of hydrogen-bond donors (Lipinski definition) is 1. The number of nitro groups is 2. The minimum absolute atomic E-state index is 0.0200. The molecule has 0 fully saturated rings. The van der Waals surface area contributed by atoms with Gasteiger partial charge in [0, 0.05) is 18.7 Å². The molecule has 0 spiro atoms. The third-order valence-electron chi connectivity index (χ3n) is 3.79. The Kier molecular flexibility index (Phi) is 5.68. The number of ether oxygens (including phenoxy) is 1. The number of hydrogen-bond acceptors (Lipinski definition) is 10. The SMILES string of the molecule is COc1ccc(-n2nnnc2C/C=N/Nc2ccc([N+](=O)[O-])cc2[N+](=O)[O-])cc1. The second-order valence-electron chi connectivity index (χ2n) is 5.55. The Bertz CT molecular complexity index is 1060. The second kappa shape index (κ2) is 8.51. The fourth-order valence-corrected chi connectivity index (χ4v) is 2.38.